The van der Waals surface area contributed by atoms with Gasteiger partial charge in [-0.05, 0) is 30.2 Å². The summed E-state index contributed by atoms with van der Waals surface area (Å²) in [5.41, 5.74) is 2.23. The van der Waals surface area contributed by atoms with Crippen molar-refractivity contribution in [2.75, 3.05) is 18.5 Å². The number of anilines is 1. The first-order chi connectivity index (χ1) is 23.3. The van der Waals surface area contributed by atoms with E-state index in [0.29, 0.717) is 39.7 Å². The van der Waals surface area contributed by atoms with Crippen molar-refractivity contribution in [1.82, 2.24) is 19.1 Å². The van der Waals surface area contributed by atoms with Crippen LogP contribution >= 0.6 is 38.2 Å². The van der Waals surface area contributed by atoms with Gasteiger partial charge in [-0.25, -0.2) is 18.7 Å². The second-order valence-electron chi connectivity index (χ2n) is 11.9. The van der Waals surface area contributed by atoms with Crippen molar-refractivity contribution in [3.63, 3.8) is 0 Å². The average Bonchev–Trinajstić information content (AvgIpc) is 3.75. The minimum Gasteiger partial charge on any atom is -0.346 e. The van der Waals surface area contributed by atoms with Gasteiger partial charge in [0, 0.05) is 24.2 Å². The van der Waals surface area contributed by atoms with E-state index in [4.69, 9.17) is 65.9 Å². The molecule has 4 aliphatic heterocycles. The molecule has 0 aliphatic carbocycles. The Morgan fingerprint density at radius 2 is 1.51 bits per heavy atom. The van der Waals surface area contributed by atoms with E-state index < -0.39 is 77.4 Å². The summed E-state index contributed by atoms with van der Waals surface area (Å²) >= 11 is 12.3. The number of ether oxygens (including phenoxy) is 2. The second kappa shape index (κ2) is 12.4. The maximum atomic E-state index is 16.3. The Balaban J connectivity index is 1.08. The lowest BCUT2D eigenvalue weighted by atomic mass is 10.1. The molecule has 8 rings (SSSR count). The number of hydrogen-bond donors (Lipinski definition) is 1. The lowest BCUT2D eigenvalue weighted by Gasteiger charge is -2.29. The fourth-order valence-corrected chi connectivity index (χ4v) is 8.87. The molecule has 14 nitrogen and oxygen atoms in total. The number of hydrogen-bond acceptors (Lipinski definition) is 11. The molecule has 0 bridgehead atoms. The Morgan fingerprint density at radius 3 is 2.16 bits per heavy atom. The fraction of sp³-hybridized carbons (Fsp3) is 0.444. The molecule has 3 fully saturated rings. The van der Waals surface area contributed by atoms with E-state index in [0.717, 1.165) is 0 Å². The number of aryl methyl sites for hydroxylation is 1. The number of halogens is 4. The number of imidazole rings is 1. The van der Waals surface area contributed by atoms with E-state index in [9.17, 15) is 13.9 Å². The van der Waals surface area contributed by atoms with Crippen LogP contribution in [0.2, 0.25) is 10.0 Å². The van der Waals surface area contributed by atoms with Gasteiger partial charge in [-0.15, -0.1) is 0 Å². The molecule has 254 valence electrons. The maximum absolute atomic E-state index is 16.3. The molecule has 22 heteroatoms. The van der Waals surface area contributed by atoms with Gasteiger partial charge in [-0.2, -0.15) is 0 Å². The SMILES string of the molecule is [B]P1(=O)OC[C@H]2O[C@@H](n3cnc4cc(Cl)c(Cl)cc43)C(F)[C@H]2OP([B])(=O)OC[C@H]2O[C@@H](n3cc4c5c(ccnc53)NC(=O)CC4)[C@@H](F)C2O1. The van der Waals surface area contributed by atoms with Crippen molar-refractivity contribution in [3.8, 4) is 0 Å². The summed E-state index contributed by atoms with van der Waals surface area (Å²) in [6.45, 7) is -1.42. The number of fused-ring (bicyclic) bond motifs is 3. The molecule has 0 spiro atoms. The quantitative estimate of drug-likeness (QED) is 0.214. The summed E-state index contributed by atoms with van der Waals surface area (Å²) in [6.07, 6.45) is -8.29. The molecule has 4 radical (unpaired) electrons. The first-order valence-corrected chi connectivity index (χ1v) is 18.9. The van der Waals surface area contributed by atoms with E-state index in [1.807, 2.05) is 0 Å². The van der Waals surface area contributed by atoms with Gasteiger partial charge < -0.3 is 42.0 Å². The molecule has 1 amide bonds. The van der Waals surface area contributed by atoms with Gasteiger partial charge in [0.1, 0.15) is 30.1 Å². The number of benzene rings is 1. The van der Waals surface area contributed by atoms with Gasteiger partial charge in [0.05, 0.1) is 46.3 Å². The van der Waals surface area contributed by atoms with Crippen molar-refractivity contribution >= 4 is 86.9 Å². The monoisotopic (exact) mass is 753 g/mol. The molecule has 7 heterocycles. The molecule has 1 N–H and O–H groups in total. The van der Waals surface area contributed by atoms with Crippen molar-refractivity contribution < 1.29 is 50.3 Å². The van der Waals surface area contributed by atoms with Gasteiger partial charge in [0.15, 0.2) is 24.8 Å². The minimum atomic E-state index is -4.61. The van der Waals surface area contributed by atoms with Crippen LogP contribution in [0.3, 0.4) is 0 Å². The number of pyridine rings is 1. The smallest absolute Gasteiger partial charge is 0.264 e. The number of aromatic nitrogens is 4. The number of alkyl halides is 2. The lowest BCUT2D eigenvalue weighted by Crippen LogP contribution is -2.37. The summed E-state index contributed by atoms with van der Waals surface area (Å²) in [7, 11) is 2.60. The molecule has 4 unspecified atom stereocenters. The van der Waals surface area contributed by atoms with Crippen molar-refractivity contribution in [3.05, 3.63) is 52.5 Å². The van der Waals surface area contributed by atoms with Crippen LogP contribution in [0.4, 0.5) is 14.5 Å². The fourth-order valence-electron chi connectivity index (χ4n) is 6.54. The molecule has 0 saturated carbocycles. The van der Waals surface area contributed by atoms with Crippen molar-refractivity contribution in [2.24, 2.45) is 0 Å². The van der Waals surface area contributed by atoms with Gasteiger partial charge in [0.2, 0.25) is 21.0 Å². The van der Waals surface area contributed by atoms with Gasteiger partial charge in [-0.1, -0.05) is 23.2 Å². The standard InChI is InChI=1S/C27H23B2Cl2F2N5O9P2/c28-48(40)43-9-18-24(22(33)27(45-18)38-10-35-15-5-12(30)13(31)6-16(15)38)47-49(29,41)42-8-17-23(46-48)21(32)26(44-17)37-7-11-1-2-19(39)36-14-3-4-34-25(37)20(11)14/h3-7,10,17-18,21-24,26-27H,1-2,8-9H2,(H,36,39)/t17-,18-,21+,22?,23?,24+,26-,27-,48?,49?/m1/s1. The van der Waals surface area contributed by atoms with Gasteiger partial charge >= 0.3 is 0 Å². The van der Waals surface area contributed by atoms with E-state index in [1.165, 1.54) is 33.8 Å². The minimum absolute atomic E-state index is 0.173. The Kier molecular flexibility index (Phi) is 8.55. The number of carbonyl (C=O) groups is 1. The van der Waals surface area contributed by atoms with Crippen LogP contribution in [0.5, 0.6) is 0 Å². The van der Waals surface area contributed by atoms with Gasteiger partial charge in [-0.3, -0.25) is 13.9 Å². The number of nitrogens with one attached hydrogen (secondary N) is 1. The third-order valence-corrected chi connectivity index (χ3v) is 11.6. The van der Waals surface area contributed by atoms with Crippen LogP contribution in [-0.2, 0) is 47.9 Å². The summed E-state index contributed by atoms with van der Waals surface area (Å²) in [5, 5.41) is 3.80. The largest absolute Gasteiger partial charge is 0.346 e. The Bertz CT molecular complexity index is 2100. The number of nitrogens with zero attached hydrogens (tertiary/aromatic N) is 4. The van der Waals surface area contributed by atoms with Crippen LogP contribution in [0.15, 0.2) is 36.9 Å². The third-order valence-electron chi connectivity index (χ3n) is 8.76. The first kappa shape index (κ1) is 33.8. The van der Waals surface area contributed by atoms with E-state index >= 15 is 8.78 Å². The van der Waals surface area contributed by atoms with E-state index in [2.05, 4.69) is 15.3 Å². The van der Waals surface area contributed by atoms with Gasteiger partial charge in [0.25, 0.3) is 14.9 Å². The summed E-state index contributed by atoms with van der Waals surface area (Å²) in [6, 6.07) is 4.57. The lowest BCUT2D eigenvalue weighted by molar-refractivity contribution is -0.116. The van der Waals surface area contributed by atoms with Crippen LogP contribution in [0.25, 0.3) is 22.1 Å². The Hall–Kier alpha value is -2.36. The zero-order valence-corrected chi connectivity index (χ0v) is 28.2. The molecular weight excluding hydrogens is 731 g/mol. The highest BCUT2D eigenvalue weighted by Crippen LogP contribution is 2.54. The average molecular weight is 754 g/mol. The topological polar surface area (TPSA) is 154 Å². The third kappa shape index (κ3) is 6.07. The summed E-state index contributed by atoms with van der Waals surface area (Å²) in [5.74, 6) is -0.180. The van der Waals surface area contributed by atoms with E-state index in [-0.39, 0.29) is 22.4 Å². The summed E-state index contributed by atoms with van der Waals surface area (Å²) < 4.78 is 95.7. The Morgan fingerprint density at radius 1 is 0.898 bits per heavy atom. The normalized spacial score (nSPS) is 36.9. The van der Waals surface area contributed by atoms with E-state index in [1.54, 1.807) is 12.3 Å². The molecule has 4 aromatic rings. The number of rotatable bonds is 2. The summed E-state index contributed by atoms with van der Waals surface area (Å²) in [4.78, 5) is 20.8. The van der Waals surface area contributed by atoms with Crippen LogP contribution in [0, 0.1) is 0 Å². The molecule has 4 aliphatic rings. The van der Waals surface area contributed by atoms with Crippen molar-refractivity contribution in [2.45, 2.75) is 62.1 Å². The molecule has 3 saturated heterocycles. The van der Waals surface area contributed by atoms with Crippen LogP contribution in [-0.4, -0.2) is 90.1 Å². The first-order valence-electron chi connectivity index (χ1n) is 14.9. The highest BCUT2D eigenvalue weighted by atomic mass is 35.5. The molecule has 1 aromatic carbocycles. The highest BCUT2D eigenvalue weighted by molar-refractivity contribution is 7.79. The number of amides is 1. The molecule has 10 atom stereocenters. The predicted molar refractivity (Wildman–Crippen MR) is 172 cm³/mol. The zero-order chi connectivity index (χ0) is 34.4. The molecular formula is C27H23B2Cl2F2N5O9P2. The highest BCUT2D eigenvalue weighted by Gasteiger charge is 2.53. The molecule has 49 heavy (non-hydrogen) atoms. The molecule has 3 aromatic heterocycles. The number of carbonyl (C=O) groups excluding carboxylic acids is 1. The zero-order valence-electron chi connectivity index (χ0n) is 24.9. The predicted octanol–water partition coefficient (Wildman–Crippen LogP) is 5.12. The van der Waals surface area contributed by atoms with Crippen LogP contribution in [0.1, 0.15) is 24.4 Å². The second-order valence-corrected chi connectivity index (χ2v) is 15.8. The van der Waals surface area contributed by atoms with Crippen LogP contribution < -0.4 is 5.32 Å². The Labute approximate surface area is 288 Å². The maximum Gasteiger partial charge on any atom is 0.264 e. The van der Waals surface area contributed by atoms with Crippen molar-refractivity contribution in [1.29, 1.82) is 0 Å².